The molecule has 0 saturated heterocycles. The van der Waals surface area contributed by atoms with Gasteiger partial charge >= 0.3 is 0 Å². The Bertz CT molecular complexity index is 445. The molecule has 1 aliphatic carbocycles. The van der Waals surface area contributed by atoms with E-state index in [0.717, 1.165) is 24.9 Å². The van der Waals surface area contributed by atoms with Gasteiger partial charge in [-0.1, -0.05) is 41.0 Å². The molecule has 1 aliphatic rings. The second kappa shape index (κ2) is 7.23. The number of nitrogens with one attached hydrogen (secondary N) is 1. The Morgan fingerprint density at radius 1 is 1.24 bits per heavy atom. The molecule has 21 heavy (non-hydrogen) atoms. The zero-order valence-corrected chi connectivity index (χ0v) is 15.3. The van der Waals surface area contributed by atoms with Crippen LogP contribution >= 0.6 is 11.3 Å². The van der Waals surface area contributed by atoms with Gasteiger partial charge in [0.25, 0.3) is 0 Å². The Labute approximate surface area is 134 Å². The van der Waals surface area contributed by atoms with E-state index in [2.05, 4.69) is 39.9 Å². The van der Waals surface area contributed by atoms with Crippen LogP contribution in [-0.2, 0) is 12.0 Å². The smallest absolute Gasteiger partial charge is 0.0962 e. The van der Waals surface area contributed by atoms with Gasteiger partial charge in [0.05, 0.1) is 10.7 Å². The topological polar surface area (TPSA) is 24.9 Å². The molecule has 1 fully saturated rings. The second-order valence-corrected chi connectivity index (χ2v) is 8.65. The van der Waals surface area contributed by atoms with Crippen LogP contribution < -0.4 is 5.32 Å². The molecule has 0 spiro atoms. The lowest BCUT2D eigenvalue weighted by Crippen LogP contribution is -2.19. The first-order valence-electron chi connectivity index (χ1n) is 8.66. The van der Waals surface area contributed by atoms with Crippen LogP contribution in [-0.4, -0.2) is 11.5 Å². The molecule has 0 radical (unpaired) electrons. The fourth-order valence-electron chi connectivity index (χ4n) is 3.30. The highest BCUT2D eigenvalue weighted by molar-refractivity contribution is 7.11. The van der Waals surface area contributed by atoms with Crippen LogP contribution in [0.25, 0.3) is 0 Å². The third-order valence-corrected chi connectivity index (χ3v) is 5.82. The Morgan fingerprint density at radius 2 is 2.00 bits per heavy atom. The lowest BCUT2D eigenvalue weighted by Gasteiger charge is -2.18. The van der Waals surface area contributed by atoms with Crippen LogP contribution in [0.3, 0.4) is 0 Å². The molecule has 2 atom stereocenters. The van der Waals surface area contributed by atoms with Crippen molar-refractivity contribution in [3.05, 3.63) is 15.6 Å². The van der Waals surface area contributed by atoms with Gasteiger partial charge in [0, 0.05) is 22.8 Å². The first-order valence-corrected chi connectivity index (χ1v) is 9.48. The van der Waals surface area contributed by atoms with Crippen molar-refractivity contribution in [3.63, 3.8) is 0 Å². The van der Waals surface area contributed by atoms with Crippen molar-refractivity contribution >= 4 is 11.3 Å². The molecule has 0 aliphatic heterocycles. The highest BCUT2D eigenvalue weighted by atomic mass is 32.1. The summed E-state index contributed by atoms with van der Waals surface area (Å²) < 4.78 is 0. The third kappa shape index (κ3) is 4.29. The largest absolute Gasteiger partial charge is 0.312 e. The molecule has 1 aromatic rings. The number of hydrogen-bond donors (Lipinski definition) is 1. The number of thiazole rings is 1. The van der Waals surface area contributed by atoms with Gasteiger partial charge in [0.15, 0.2) is 0 Å². The van der Waals surface area contributed by atoms with E-state index < -0.39 is 0 Å². The summed E-state index contributed by atoms with van der Waals surface area (Å²) in [5, 5.41) is 4.96. The number of nitrogens with zero attached hydrogens (tertiary/aromatic N) is 1. The van der Waals surface area contributed by atoms with Crippen LogP contribution in [0.4, 0.5) is 0 Å². The van der Waals surface area contributed by atoms with Gasteiger partial charge in [-0.15, -0.1) is 11.3 Å². The van der Waals surface area contributed by atoms with Crippen molar-refractivity contribution in [2.75, 3.05) is 6.54 Å². The second-order valence-electron chi connectivity index (χ2n) is 7.53. The van der Waals surface area contributed by atoms with Crippen molar-refractivity contribution < 1.29 is 0 Å². The molecule has 1 heterocycles. The Balaban J connectivity index is 2.16. The molecule has 1 aromatic heterocycles. The first kappa shape index (κ1) is 17.0. The van der Waals surface area contributed by atoms with Crippen molar-refractivity contribution in [1.82, 2.24) is 10.3 Å². The van der Waals surface area contributed by atoms with Gasteiger partial charge in [-0.3, -0.25) is 0 Å². The van der Waals surface area contributed by atoms with E-state index in [-0.39, 0.29) is 5.41 Å². The number of hydrogen-bond acceptors (Lipinski definition) is 3. The summed E-state index contributed by atoms with van der Waals surface area (Å²) in [6.45, 7) is 13.5. The predicted molar refractivity (Wildman–Crippen MR) is 93.2 cm³/mol. The van der Waals surface area contributed by atoms with Crippen molar-refractivity contribution in [2.45, 2.75) is 84.6 Å². The molecular weight excluding hydrogens is 276 g/mol. The quantitative estimate of drug-likeness (QED) is 0.727. The summed E-state index contributed by atoms with van der Waals surface area (Å²) in [5.41, 5.74) is 1.48. The van der Waals surface area contributed by atoms with E-state index in [1.54, 1.807) is 0 Å². The summed E-state index contributed by atoms with van der Waals surface area (Å²) in [4.78, 5) is 6.55. The van der Waals surface area contributed by atoms with Crippen molar-refractivity contribution in [2.24, 2.45) is 5.92 Å². The van der Waals surface area contributed by atoms with Crippen molar-refractivity contribution in [1.29, 1.82) is 0 Å². The maximum atomic E-state index is 5.09. The van der Waals surface area contributed by atoms with Gasteiger partial charge in [-0.25, -0.2) is 4.98 Å². The van der Waals surface area contributed by atoms with Gasteiger partial charge in [-0.05, 0) is 38.1 Å². The Morgan fingerprint density at radius 3 is 2.57 bits per heavy atom. The van der Waals surface area contributed by atoms with E-state index >= 15 is 0 Å². The Kier molecular flexibility index (Phi) is 5.84. The summed E-state index contributed by atoms with van der Waals surface area (Å²) in [6, 6.07) is 0. The molecule has 1 N–H and O–H groups in total. The molecule has 2 rings (SSSR count). The zero-order valence-electron chi connectivity index (χ0n) is 14.5. The van der Waals surface area contributed by atoms with E-state index in [9.17, 15) is 0 Å². The minimum absolute atomic E-state index is 0.154. The fraction of sp³-hybridized carbons (Fsp3) is 0.833. The monoisotopic (exact) mass is 308 g/mol. The van der Waals surface area contributed by atoms with Crippen LogP contribution in [0, 0.1) is 5.92 Å². The van der Waals surface area contributed by atoms with Gasteiger partial charge in [0.2, 0.25) is 0 Å². The summed E-state index contributed by atoms with van der Waals surface area (Å²) >= 11 is 1.97. The molecule has 2 unspecified atom stereocenters. The van der Waals surface area contributed by atoms with Crippen LogP contribution in [0.5, 0.6) is 0 Å². The van der Waals surface area contributed by atoms with Crippen LogP contribution in [0.1, 0.15) is 88.2 Å². The van der Waals surface area contributed by atoms with Crippen LogP contribution in [0.15, 0.2) is 0 Å². The highest BCUT2D eigenvalue weighted by Gasteiger charge is 2.30. The highest BCUT2D eigenvalue weighted by Crippen LogP contribution is 2.43. The van der Waals surface area contributed by atoms with E-state index in [1.165, 1.54) is 47.7 Å². The number of aromatic nitrogens is 1. The summed E-state index contributed by atoms with van der Waals surface area (Å²) in [7, 11) is 0. The third-order valence-electron chi connectivity index (χ3n) is 4.60. The Hall–Kier alpha value is -0.410. The molecule has 120 valence electrons. The summed E-state index contributed by atoms with van der Waals surface area (Å²) in [6.07, 6.45) is 6.62. The average Bonchev–Trinajstić information content (AvgIpc) is 3.04. The van der Waals surface area contributed by atoms with E-state index in [1.807, 2.05) is 11.3 Å². The standard InChI is InChI=1S/C18H32N2S/c1-6-10-19-12-15-16(18(3,4)5)20-17(21-15)14-9-8-13(7-2)11-14/h13-14,19H,6-12H2,1-5H3. The number of rotatable bonds is 6. The predicted octanol–water partition coefficient (Wildman–Crippen LogP) is 5.23. The van der Waals surface area contributed by atoms with Gasteiger partial charge < -0.3 is 5.32 Å². The maximum Gasteiger partial charge on any atom is 0.0962 e. The van der Waals surface area contributed by atoms with Crippen LogP contribution in [0.2, 0.25) is 0 Å². The molecular formula is C18H32N2S. The SMILES string of the molecule is CCCNCc1sc(C2CCC(CC)C2)nc1C(C)(C)C. The molecule has 3 heteroatoms. The molecule has 0 bridgehead atoms. The average molecular weight is 309 g/mol. The lowest BCUT2D eigenvalue weighted by molar-refractivity contribution is 0.518. The van der Waals surface area contributed by atoms with Crippen molar-refractivity contribution in [3.8, 4) is 0 Å². The minimum Gasteiger partial charge on any atom is -0.312 e. The molecule has 1 saturated carbocycles. The summed E-state index contributed by atoms with van der Waals surface area (Å²) in [5.74, 6) is 1.65. The van der Waals surface area contributed by atoms with Gasteiger partial charge in [0.1, 0.15) is 0 Å². The van der Waals surface area contributed by atoms with E-state index in [4.69, 9.17) is 4.98 Å². The normalized spacial score (nSPS) is 22.9. The fourth-order valence-corrected chi connectivity index (χ4v) is 4.69. The molecule has 0 amide bonds. The van der Waals surface area contributed by atoms with Gasteiger partial charge in [-0.2, -0.15) is 0 Å². The lowest BCUT2D eigenvalue weighted by atomic mass is 9.91. The zero-order chi connectivity index (χ0) is 15.5. The molecule has 2 nitrogen and oxygen atoms in total. The first-order chi connectivity index (χ1) is 9.95. The maximum absolute atomic E-state index is 5.09. The molecule has 0 aromatic carbocycles. The minimum atomic E-state index is 0.154. The van der Waals surface area contributed by atoms with E-state index in [0.29, 0.717) is 0 Å².